The molecule has 0 saturated heterocycles. The molecule has 0 heterocycles. The standard InChI is InChI=1S/C10H22N4O2/c1-9(2,12-5)6-15-8-16-7-10(3,4)13-14-11/h12H,6-8H2,1-5H3. The lowest BCUT2D eigenvalue weighted by Gasteiger charge is -2.24. The normalized spacial score (nSPS) is 12.3. The van der Waals surface area contributed by atoms with Crippen molar-refractivity contribution >= 4 is 0 Å². The molecule has 0 bridgehead atoms. The summed E-state index contributed by atoms with van der Waals surface area (Å²) >= 11 is 0. The van der Waals surface area contributed by atoms with Crippen LogP contribution in [0.25, 0.3) is 10.4 Å². The van der Waals surface area contributed by atoms with Gasteiger partial charge in [-0.05, 0) is 26.4 Å². The van der Waals surface area contributed by atoms with Crippen molar-refractivity contribution in [3.8, 4) is 0 Å². The summed E-state index contributed by atoms with van der Waals surface area (Å²) in [5.74, 6) is 0. The summed E-state index contributed by atoms with van der Waals surface area (Å²) in [5, 5.41) is 6.73. The number of hydrogen-bond acceptors (Lipinski definition) is 4. The van der Waals surface area contributed by atoms with Crippen molar-refractivity contribution in [2.45, 2.75) is 38.8 Å². The summed E-state index contributed by atoms with van der Waals surface area (Å²) in [7, 11) is 1.88. The molecular formula is C10H22N4O2. The zero-order valence-corrected chi connectivity index (χ0v) is 10.8. The molecule has 6 nitrogen and oxygen atoms in total. The van der Waals surface area contributed by atoms with E-state index in [1.54, 1.807) is 0 Å². The van der Waals surface area contributed by atoms with E-state index in [0.29, 0.717) is 13.2 Å². The fourth-order valence-electron chi connectivity index (χ4n) is 0.869. The molecule has 0 aliphatic rings. The van der Waals surface area contributed by atoms with Gasteiger partial charge < -0.3 is 14.8 Å². The highest BCUT2D eigenvalue weighted by molar-refractivity contribution is 4.77. The zero-order valence-electron chi connectivity index (χ0n) is 10.8. The Kier molecular flexibility index (Phi) is 6.36. The number of hydrogen-bond donors (Lipinski definition) is 1. The Morgan fingerprint density at radius 1 is 1.19 bits per heavy atom. The molecule has 0 atom stereocenters. The highest BCUT2D eigenvalue weighted by atomic mass is 16.7. The number of nitrogens with one attached hydrogen (secondary N) is 1. The summed E-state index contributed by atoms with van der Waals surface area (Å²) in [6.07, 6.45) is 0. The molecule has 0 radical (unpaired) electrons. The summed E-state index contributed by atoms with van der Waals surface area (Å²) in [6, 6.07) is 0. The van der Waals surface area contributed by atoms with Gasteiger partial charge >= 0.3 is 0 Å². The lowest BCUT2D eigenvalue weighted by Crippen LogP contribution is -2.41. The molecule has 0 spiro atoms. The van der Waals surface area contributed by atoms with Crippen molar-refractivity contribution in [1.29, 1.82) is 0 Å². The molecule has 0 fully saturated rings. The van der Waals surface area contributed by atoms with Gasteiger partial charge in [0.1, 0.15) is 6.79 Å². The van der Waals surface area contributed by atoms with Crippen molar-refractivity contribution in [1.82, 2.24) is 5.32 Å². The highest BCUT2D eigenvalue weighted by Gasteiger charge is 2.17. The van der Waals surface area contributed by atoms with Gasteiger partial charge in [-0.2, -0.15) is 0 Å². The minimum atomic E-state index is -0.531. The Labute approximate surface area is 96.9 Å². The van der Waals surface area contributed by atoms with Crippen LogP contribution in [0.3, 0.4) is 0 Å². The minimum Gasteiger partial charge on any atom is -0.355 e. The lowest BCUT2D eigenvalue weighted by molar-refractivity contribution is -0.0775. The molecule has 16 heavy (non-hydrogen) atoms. The second-order valence-electron chi connectivity index (χ2n) is 4.95. The molecule has 6 heteroatoms. The first-order chi connectivity index (χ1) is 7.33. The third-order valence-electron chi connectivity index (χ3n) is 2.08. The molecule has 0 unspecified atom stereocenters. The van der Waals surface area contributed by atoms with Gasteiger partial charge in [-0.1, -0.05) is 19.0 Å². The molecule has 0 saturated carbocycles. The van der Waals surface area contributed by atoms with Crippen LogP contribution in [-0.2, 0) is 9.47 Å². The maximum absolute atomic E-state index is 8.31. The second kappa shape index (κ2) is 6.70. The van der Waals surface area contributed by atoms with Crippen LogP contribution in [0, 0.1) is 0 Å². The summed E-state index contributed by atoms with van der Waals surface area (Å²) in [6.45, 7) is 8.81. The number of azide groups is 1. The van der Waals surface area contributed by atoms with Gasteiger partial charge in [0.05, 0.1) is 18.8 Å². The van der Waals surface area contributed by atoms with Crippen molar-refractivity contribution in [2.75, 3.05) is 27.1 Å². The van der Waals surface area contributed by atoms with E-state index in [-0.39, 0.29) is 12.3 Å². The monoisotopic (exact) mass is 230 g/mol. The van der Waals surface area contributed by atoms with Crippen LogP contribution in [0.1, 0.15) is 27.7 Å². The molecule has 0 aromatic rings. The topological polar surface area (TPSA) is 79.2 Å². The van der Waals surface area contributed by atoms with E-state index in [9.17, 15) is 0 Å². The predicted molar refractivity (Wildman–Crippen MR) is 63.1 cm³/mol. The van der Waals surface area contributed by atoms with Crippen LogP contribution in [0.5, 0.6) is 0 Å². The fourth-order valence-corrected chi connectivity index (χ4v) is 0.869. The van der Waals surface area contributed by atoms with Gasteiger partial charge in [-0.3, -0.25) is 0 Å². The van der Waals surface area contributed by atoms with E-state index in [4.69, 9.17) is 15.0 Å². The van der Waals surface area contributed by atoms with Crippen molar-refractivity contribution in [3.63, 3.8) is 0 Å². The van der Waals surface area contributed by atoms with Crippen LogP contribution in [0.15, 0.2) is 5.11 Å². The Morgan fingerprint density at radius 2 is 1.75 bits per heavy atom. The Morgan fingerprint density at radius 3 is 2.25 bits per heavy atom. The maximum Gasteiger partial charge on any atom is 0.146 e. The molecule has 94 valence electrons. The Hall–Kier alpha value is -0.810. The van der Waals surface area contributed by atoms with Crippen molar-refractivity contribution in [3.05, 3.63) is 10.4 Å². The quantitative estimate of drug-likeness (QED) is 0.228. The minimum absolute atomic E-state index is 0.0658. The first-order valence-corrected chi connectivity index (χ1v) is 5.24. The van der Waals surface area contributed by atoms with Crippen LogP contribution in [0.2, 0.25) is 0 Å². The lowest BCUT2D eigenvalue weighted by atomic mass is 10.1. The van der Waals surface area contributed by atoms with Crippen LogP contribution in [-0.4, -0.2) is 38.1 Å². The number of likely N-dealkylation sites (N-methyl/N-ethyl adjacent to an activating group) is 1. The van der Waals surface area contributed by atoms with E-state index in [1.165, 1.54) is 0 Å². The molecule has 0 aliphatic carbocycles. The van der Waals surface area contributed by atoms with Gasteiger partial charge in [0.2, 0.25) is 0 Å². The first-order valence-electron chi connectivity index (χ1n) is 5.24. The molecular weight excluding hydrogens is 208 g/mol. The Bertz CT molecular complexity index is 247. The SMILES string of the molecule is CNC(C)(C)COCOCC(C)(C)N=[N+]=[N-]. The van der Waals surface area contributed by atoms with E-state index >= 15 is 0 Å². The zero-order chi connectivity index (χ0) is 12.7. The third-order valence-corrected chi connectivity index (χ3v) is 2.08. The number of nitrogens with zero attached hydrogens (tertiary/aromatic N) is 3. The van der Waals surface area contributed by atoms with Gasteiger partial charge in [-0.15, -0.1) is 0 Å². The number of rotatable bonds is 8. The average molecular weight is 230 g/mol. The van der Waals surface area contributed by atoms with E-state index < -0.39 is 5.54 Å². The largest absolute Gasteiger partial charge is 0.355 e. The summed E-state index contributed by atoms with van der Waals surface area (Å²) in [4.78, 5) is 2.75. The molecule has 0 aromatic carbocycles. The summed E-state index contributed by atoms with van der Waals surface area (Å²) < 4.78 is 10.6. The van der Waals surface area contributed by atoms with Gasteiger partial charge in [0.15, 0.2) is 0 Å². The van der Waals surface area contributed by atoms with E-state index in [1.807, 2.05) is 34.7 Å². The molecule has 0 amide bonds. The third kappa shape index (κ3) is 7.48. The molecule has 0 aliphatic heterocycles. The maximum atomic E-state index is 8.31. The summed E-state index contributed by atoms with van der Waals surface area (Å²) in [5.41, 5.74) is 7.71. The molecule has 0 rings (SSSR count). The van der Waals surface area contributed by atoms with Crippen LogP contribution in [0.4, 0.5) is 0 Å². The molecule has 1 N–H and O–H groups in total. The second-order valence-corrected chi connectivity index (χ2v) is 4.95. The predicted octanol–water partition coefficient (Wildman–Crippen LogP) is 2.06. The van der Waals surface area contributed by atoms with Gasteiger partial charge in [0, 0.05) is 10.5 Å². The first kappa shape index (κ1) is 15.2. The van der Waals surface area contributed by atoms with Gasteiger partial charge in [0.25, 0.3) is 0 Å². The van der Waals surface area contributed by atoms with E-state index in [2.05, 4.69) is 15.3 Å². The van der Waals surface area contributed by atoms with Crippen LogP contribution < -0.4 is 5.32 Å². The van der Waals surface area contributed by atoms with E-state index in [0.717, 1.165) is 0 Å². The number of ether oxygens (including phenoxy) is 2. The highest BCUT2D eigenvalue weighted by Crippen LogP contribution is 2.09. The van der Waals surface area contributed by atoms with Crippen molar-refractivity contribution in [2.24, 2.45) is 5.11 Å². The Balaban J connectivity index is 3.65. The molecule has 0 aromatic heterocycles. The van der Waals surface area contributed by atoms with Gasteiger partial charge in [-0.25, -0.2) is 0 Å². The average Bonchev–Trinajstić information content (AvgIpc) is 2.17. The van der Waals surface area contributed by atoms with Crippen LogP contribution >= 0.6 is 0 Å². The fraction of sp³-hybridized carbons (Fsp3) is 1.00. The van der Waals surface area contributed by atoms with Crippen molar-refractivity contribution < 1.29 is 9.47 Å². The smallest absolute Gasteiger partial charge is 0.146 e.